The summed E-state index contributed by atoms with van der Waals surface area (Å²) in [5, 5.41) is 11.6. The van der Waals surface area contributed by atoms with Crippen molar-refractivity contribution in [2.75, 3.05) is 6.54 Å². The Morgan fingerprint density at radius 1 is 1.62 bits per heavy atom. The molecule has 1 unspecified atom stereocenters. The Kier molecular flexibility index (Phi) is 6.49. The minimum Gasteiger partial charge on any atom is -0.480 e. The van der Waals surface area contributed by atoms with Gasteiger partial charge in [0.05, 0.1) is 0 Å². The van der Waals surface area contributed by atoms with Crippen LogP contribution in [-0.4, -0.2) is 29.7 Å². The van der Waals surface area contributed by atoms with Gasteiger partial charge in [0.15, 0.2) is 0 Å². The highest BCUT2D eigenvalue weighted by Crippen LogP contribution is 2.00. The first-order valence-electron chi connectivity index (χ1n) is 3.97. The molecule has 6 nitrogen and oxygen atoms in total. The van der Waals surface area contributed by atoms with Crippen molar-refractivity contribution in [2.45, 2.75) is 25.3 Å². The van der Waals surface area contributed by atoms with Crippen LogP contribution in [0.4, 0.5) is 0 Å². The minimum absolute atomic E-state index is 0.401. The number of carboxylic acid groups (broad SMARTS) is 1. The maximum Gasteiger partial charge on any atom is 0.327 e. The number of isocyanates is 1. The van der Waals surface area contributed by atoms with Gasteiger partial charge in [-0.3, -0.25) is 5.43 Å². The second kappa shape index (κ2) is 7.27. The molecule has 74 valence electrons. The number of unbranched alkanes of at least 4 members (excludes halogenated alkanes) is 1. The number of carboxylic acids is 1. The van der Waals surface area contributed by atoms with Gasteiger partial charge < -0.3 is 10.8 Å². The number of carbonyl (C=O) groups is 1. The molecule has 0 saturated heterocycles. The number of carbonyl (C=O) groups excluding carboxylic acids is 1. The molecular formula is C7H13N3O3. The fourth-order valence-corrected chi connectivity index (χ4v) is 0.840. The predicted molar refractivity (Wildman–Crippen MR) is 45.6 cm³/mol. The SMILES string of the molecule is NCCCCC(NN=C=O)C(=O)O. The zero-order chi connectivity index (χ0) is 10.1. The van der Waals surface area contributed by atoms with Gasteiger partial charge in [-0.1, -0.05) is 5.10 Å². The van der Waals surface area contributed by atoms with Gasteiger partial charge in [-0.15, -0.1) is 0 Å². The number of hydrazone groups is 1. The summed E-state index contributed by atoms with van der Waals surface area (Å²) in [4.78, 5) is 20.2. The Morgan fingerprint density at radius 3 is 2.77 bits per heavy atom. The van der Waals surface area contributed by atoms with Crippen molar-refractivity contribution < 1.29 is 14.7 Å². The maximum atomic E-state index is 10.5. The molecular weight excluding hydrogens is 174 g/mol. The average Bonchev–Trinajstić information content (AvgIpc) is 2.10. The molecule has 0 aromatic carbocycles. The van der Waals surface area contributed by atoms with Crippen LogP contribution >= 0.6 is 0 Å². The first kappa shape index (κ1) is 11.6. The Hall–Kier alpha value is -1.39. The number of nitrogens with one attached hydrogen (secondary N) is 1. The standard InChI is InChI=1S/C7H13N3O3/c8-4-2-1-3-6(7(12)13)10-9-5-11/h6,10H,1-4,8H2,(H,12,13). The molecule has 0 saturated carbocycles. The van der Waals surface area contributed by atoms with E-state index in [1.165, 1.54) is 6.08 Å². The fourth-order valence-electron chi connectivity index (χ4n) is 0.840. The monoisotopic (exact) mass is 187 g/mol. The molecule has 0 radical (unpaired) electrons. The van der Waals surface area contributed by atoms with Gasteiger partial charge in [0.2, 0.25) is 0 Å². The first-order valence-corrected chi connectivity index (χ1v) is 3.97. The van der Waals surface area contributed by atoms with Crippen molar-refractivity contribution >= 4 is 12.0 Å². The van der Waals surface area contributed by atoms with Gasteiger partial charge in [0, 0.05) is 0 Å². The van der Waals surface area contributed by atoms with Crippen LogP contribution in [0.5, 0.6) is 0 Å². The van der Waals surface area contributed by atoms with E-state index < -0.39 is 12.0 Å². The molecule has 0 rings (SSSR count). The Balaban J connectivity index is 3.80. The van der Waals surface area contributed by atoms with E-state index in [1.807, 2.05) is 0 Å². The lowest BCUT2D eigenvalue weighted by atomic mass is 10.1. The number of aliphatic carboxylic acids is 1. The molecule has 0 heterocycles. The predicted octanol–water partition coefficient (Wildman–Crippen LogP) is -0.591. The smallest absolute Gasteiger partial charge is 0.327 e. The van der Waals surface area contributed by atoms with E-state index in [0.717, 1.165) is 6.42 Å². The van der Waals surface area contributed by atoms with Crippen molar-refractivity contribution in [3.05, 3.63) is 0 Å². The number of nitrogens with two attached hydrogens (primary N) is 1. The lowest BCUT2D eigenvalue weighted by Gasteiger charge is -2.09. The van der Waals surface area contributed by atoms with Crippen molar-refractivity contribution in [1.82, 2.24) is 5.43 Å². The zero-order valence-corrected chi connectivity index (χ0v) is 7.19. The second-order valence-electron chi connectivity index (χ2n) is 2.51. The van der Waals surface area contributed by atoms with Crippen LogP contribution in [0.1, 0.15) is 19.3 Å². The Bertz CT molecular complexity index is 201. The third kappa shape index (κ3) is 5.84. The highest BCUT2D eigenvalue weighted by Gasteiger charge is 2.15. The summed E-state index contributed by atoms with van der Waals surface area (Å²) in [6, 6.07) is -0.826. The van der Waals surface area contributed by atoms with Crippen LogP contribution in [0.2, 0.25) is 0 Å². The first-order chi connectivity index (χ1) is 6.22. The van der Waals surface area contributed by atoms with Crippen LogP contribution in [0.25, 0.3) is 0 Å². The van der Waals surface area contributed by atoms with E-state index in [2.05, 4.69) is 10.5 Å². The Labute approximate surface area is 75.8 Å². The maximum absolute atomic E-state index is 10.5. The molecule has 0 aliphatic carbocycles. The van der Waals surface area contributed by atoms with Crippen molar-refractivity contribution in [3.63, 3.8) is 0 Å². The summed E-state index contributed by atoms with van der Waals surface area (Å²) in [5.74, 6) is -1.03. The largest absolute Gasteiger partial charge is 0.480 e. The van der Waals surface area contributed by atoms with Crippen LogP contribution in [0.15, 0.2) is 5.10 Å². The average molecular weight is 187 g/mol. The van der Waals surface area contributed by atoms with E-state index in [-0.39, 0.29) is 0 Å². The normalized spacial score (nSPS) is 11.5. The molecule has 4 N–H and O–H groups in total. The van der Waals surface area contributed by atoms with Crippen molar-refractivity contribution in [2.24, 2.45) is 10.8 Å². The van der Waals surface area contributed by atoms with Gasteiger partial charge in [-0.25, -0.2) is 9.59 Å². The summed E-state index contributed by atoms with van der Waals surface area (Å²) in [6.07, 6.45) is 3.07. The van der Waals surface area contributed by atoms with Crippen LogP contribution in [-0.2, 0) is 9.59 Å². The summed E-state index contributed by atoms with van der Waals surface area (Å²) in [5.41, 5.74) is 7.43. The van der Waals surface area contributed by atoms with Crippen LogP contribution in [0.3, 0.4) is 0 Å². The lowest BCUT2D eigenvalue weighted by Crippen LogP contribution is -2.33. The molecule has 0 aliphatic rings. The van der Waals surface area contributed by atoms with Gasteiger partial charge in [0.1, 0.15) is 6.04 Å². The van der Waals surface area contributed by atoms with E-state index in [4.69, 9.17) is 10.8 Å². The van der Waals surface area contributed by atoms with Gasteiger partial charge in [-0.2, -0.15) is 0 Å². The Morgan fingerprint density at radius 2 is 2.31 bits per heavy atom. The third-order valence-electron chi connectivity index (χ3n) is 1.51. The fraction of sp³-hybridized carbons (Fsp3) is 0.714. The van der Waals surface area contributed by atoms with Crippen LogP contribution < -0.4 is 11.2 Å². The van der Waals surface area contributed by atoms with Crippen molar-refractivity contribution in [3.8, 4) is 0 Å². The number of rotatable bonds is 7. The second-order valence-corrected chi connectivity index (χ2v) is 2.51. The van der Waals surface area contributed by atoms with Gasteiger partial charge in [-0.05, 0) is 25.8 Å². The van der Waals surface area contributed by atoms with Crippen LogP contribution in [0, 0.1) is 0 Å². The quantitative estimate of drug-likeness (QED) is 0.214. The van der Waals surface area contributed by atoms with E-state index in [1.54, 1.807) is 0 Å². The third-order valence-corrected chi connectivity index (χ3v) is 1.51. The zero-order valence-electron chi connectivity index (χ0n) is 7.19. The molecule has 6 heteroatoms. The topological polar surface area (TPSA) is 105 Å². The molecule has 13 heavy (non-hydrogen) atoms. The van der Waals surface area contributed by atoms with Gasteiger partial charge >= 0.3 is 5.97 Å². The molecule has 0 aromatic heterocycles. The molecule has 0 fully saturated rings. The molecule has 0 spiro atoms. The van der Waals surface area contributed by atoms with E-state index in [9.17, 15) is 9.59 Å². The van der Waals surface area contributed by atoms with E-state index in [0.29, 0.717) is 19.4 Å². The van der Waals surface area contributed by atoms with Gasteiger partial charge in [0.25, 0.3) is 6.08 Å². The molecule has 0 aromatic rings. The number of hydrogen-bond acceptors (Lipinski definition) is 5. The van der Waals surface area contributed by atoms with E-state index >= 15 is 0 Å². The summed E-state index contributed by atoms with van der Waals surface area (Å²) in [7, 11) is 0. The highest BCUT2D eigenvalue weighted by molar-refractivity contribution is 5.73. The molecule has 1 atom stereocenters. The molecule has 0 bridgehead atoms. The summed E-state index contributed by atoms with van der Waals surface area (Å²) >= 11 is 0. The minimum atomic E-state index is -1.03. The molecule has 0 amide bonds. The summed E-state index contributed by atoms with van der Waals surface area (Å²) < 4.78 is 0. The number of hydrogen-bond donors (Lipinski definition) is 3. The van der Waals surface area contributed by atoms with Crippen molar-refractivity contribution in [1.29, 1.82) is 0 Å². The number of nitrogens with zero attached hydrogens (tertiary/aromatic N) is 1. The molecule has 0 aliphatic heterocycles. The highest BCUT2D eigenvalue weighted by atomic mass is 16.4. The summed E-state index contributed by atoms with van der Waals surface area (Å²) in [6.45, 7) is 0.531. The lowest BCUT2D eigenvalue weighted by molar-refractivity contribution is -0.139.